The molecule has 0 spiro atoms. The number of aromatic nitrogens is 2. The van der Waals surface area contributed by atoms with E-state index in [-0.39, 0.29) is 11.0 Å². The number of benzene rings is 6. The lowest BCUT2D eigenvalue weighted by Crippen LogP contribution is -2.67. The first-order valence-corrected chi connectivity index (χ1v) is 18.1. The predicted octanol–water partition coefficient (Wildman–Crippen LogP) is 12.1. The highest BCUT2D eigenvalue weighted by atomic mass is 32.1. The van der Waals surface area contributed by atoms with Crippen LogP contribution in [-0.4, -0.2) is 4.57 Å². The van der Waals surface area contributed by atoms with E-state index in [4.69, 9.17) is 0 Å². The summed E-state index contributed by atoms with van der Waals surface area (Å²) in [6.07, 6.45) is 2.14. The van der Waals surface area contributed by atoms with Crippen LogP contribution in [0.5, 0.6) is 0 Å². The summed E-state index contributed by atoms with van der Waals surface area (Å²) < 4.78 is 6.53. The third-order valence-corrected chi connectivity index (χ3v) is 12.8. The molecule has 3 heteroatoms. The molecule has 3 heterocycles. The molecule has 0 amide bonds. The van der Waals surface area contributed by atoms with Gasteiger partial charge in [-0.3, -0.25) is 0 Å². The Morgan fingerprint density at radius 3 is 1.75 bits per heavy atom. The highest BCUT2D eigenvalue weighted by molar-refractivity contribution is 7.21. The lowest BCUT2D eigenvalue weighted by Gasteiger charge is -2.45. The van der Waals surface area contributed by atoms with Gasteiger partial charge in [-0.05, 0) is 83.6 Å². The average molecular weight is 640 g/mol. The molecule has 8 aromatic rings. The summed E-state index contributed by atoms with van der Waals surface area (Å²) in [5.74, 6) is 0. The summed E-state index contributed by atoms with van der Waals surface area (Å²) in [5.41, 5.74) is 12.7. The largest absolute Gasteiger partial charge is 0.309 e. The first-order valence-electron chi connectivity index (χ1n) is 17.2. The van der Waals surface area contributed by atoms with Gasteiger partial charge in [0.1, 0.15) is 4.70 Å². The molecule has 2 nitrogen and oxygen atoms in total. The molecule has 234 valence electrons. The Balaban J connectivity index is 1.33. The molecule has 0 saturated carbocycles. The van der Waals surface area contributed by atoms with Crippen molar-refractivity contribution in [3.05, 3.63) is 145 Å². The standard InChI is InChI=1S/C45H39N2S/c1-5-44(3)38-24-23-34(29-37(38)43-47(45(44,4)6-2)41-19-13-14-20-42(41)48-43)46-39-25-21-32(30-15-9-7-10-16-30)27-35(39)36-28-33(22-26-40(36)46)31-17-11-8-12-18-31/h7-29H,5-6H2,1-4H3/q+1. The molecule has 1 aliphatic heterocycles. The molecule has 6 aromatic carbocycles. The normalized spacial score (nSPS) is 18.8. The van der Waals surface area contributed by atoms with Crippen molar-refractivity contribution in [1.29, 1.82) is 0 Å². The lowest BCUT2D eigenvalue weighted by atomic mass is 9.61. The van der Waals surface area contributed by atoms with Crippen LogP contribution in [0.3, 0.4) is 0 Å². The summed E-state index contributed by atoms with van der Waals surface area (Å²) in [6.45, 7) is 9.71. The molecule has 2 aromatic heterocycles. The van der Waals surface area contributed by atoms with Gasteiger partial charge in [-0.15, -0.1) is 0 Å². The second-order valence-electron chi connectivity index (χ2n) is 13.8. The molecule has 48 heavy (non-hydrogen) atoms. The van der Waals surface area contributed by atoms with Crippen molar-refractivity contribution in [3.63, 3.8) is 0 Å². The van der Waals surface area contributed by atoms with Crippen LogP contribution in [0.15, 0.2) is 140 Å². The maximum absolute atomic E-state index is 2.69. The van der Waals surface area contributed by atoms with Gasteiger partial charge >= 0.3 is 0 Å². The van der Waals surface area contributed by atoms with E-state index in [2.05, 4.69) is 176 Å². The molecular formula is C45H39N2S+. The molecule has 0 radical (unpaired) electrons. The van der Waals surface area contributed by atoms with Crippen molar-refractivity contribution in [2.75, 3.05) is 0 Å². The molecule has 2 atom stereocenters. The summed E-state index contributed by atoms with van der Waals surface area (Å²) in [4.78, 5) is 0. The Hall–Kier alpha value is -4.99. The van der Waals surface area contributed by atoms with Gasteiger partial charge in [-0.2, -0.15) is 4.57 Å². The van der Waals surface area contributed by atoms with E-state index in [1.54, 1.807) is 0 Å². The first kappa shape index (κ1) is 29.2. The van der Waals surface area contributed by atoms with E-state index in [9.17, 15) is 0 Å². The minimum Gasteiger partial charge on any atom is -0.309 e. The van der Waals surface area contributed by atoms with Crippen molar-refractivity contribution in [2.45, 2.75) is 51.5 Å². The highest BCUT2D eigenvalue weighted by Gasteiger charge is 2.58. The fourth-order valence-electron chi connectivity index (χ4n) is 8.56. The smallest absolute Gasteiger partial charge is 0.270 e. The third kappa shape index (κ3) is 4.01. The molecule has 1 aliphatic rings. The fourth-order valence-corrected chi connectivity index (χ4v) is 9.85. The lowest BCUT2D eigenvalue weighted by molar-refractivity contribution is -0.739. The fraction of sp³-hybridized carbons (Fsp3) is 0.178. The average Bonchev–Trinajstić information content (AvgIpc) is 3.70. The van der Waals surface area contributed by atoms with Gasteiger partial charge in [0.2, 0.25) is 5.52 Å². The Labute approximate surface area is 286 Å². The zero-order valence-corrected chi connectivity index (χ0v) is 28.8. The summed E-state index contributed by atoms with van der Waals surface area (Å²) >= 11 is 1.94. The maximum Gasteiger partial charge on any atom is 0.270 e. The summed E-state index contributed by atoms with van der Waals surface area (Å²) in [5, 5.41) is 3.91. The van der Waals surface area contributed by atoms with Gasteiger partial charge in [0, 0.05) is 35.9 Å². The van der Waals surface area contributed by atoms with Crippen molar-refractivity contribution in [1.82, 2.24) is 4.57 Å². The SMILES string of the molecule is CCC1(C)c2ccc(-n3c4ccc(-c5ccccc5)cc4c4cc(-c5ccccc5)ccc43)cc2-c2sc3ccccc3[n+]2C1(C)CC. The number of rotatable bonds is 5. The van der Waals surface area contributed by atoms with E-state index in [0.29, 0.717) is 0 Å². The summed E-state index contributed by atoms with van der Waals surface area (Å²) in [7, 11) is 0. The molecule has 9 rings (SSSR count). The Morgan fingerprint density at radius 2 is 1.17 bits per heavy atom. The number of thiazole rings is 1. The molecule has 0 fully saturated rings. The van der Waals surface area contributed by atoms with Crippen molar-refractivity contribution < 1.29 is 4.57 Å². The van der Waals surface area contributed by atoms with Crippen molar-refractivity contribution in [2.24, 2.45) is 0 Å². The molecule has 2 unspecified atom stereocenters. The zero-order valence-electron chi connectivity index (χ0n) is 28.0. The number of hydrogen-bond donors (Lipinski definition) is 0. The highest BCUT2D eigenvalue weighted by Crippen LogP contribution is 2.52. The maximum atomic E-state index is 2.69. The second-order valence-corrected chi connectivity index (χ2v) is 14.8. The minimum atomic E-state index is -0.0419. The van der Waals surface area contributed by atoms with Crippen LogP contribution >= 0.6 is 11.3 Å². The number of fused-ring (bicyclic) bond motifs is 8. The minimum absolute atomic E-state index is 0.0207. The number of nitrogens with zero attached hydrogens (tertiary/aromatic N) is 2. The van der Waals surface area contributed by atoms with Crippen LogP contribution < -0.4 is 4.57 Å². The van der Waals surface area contributed by atoms with Crippen LogP contribution in [0, 0.1) is 0 Å². The van der Waals surface area contributed by atoms with E-state index >= 15 is 0 Å². The van der Waals surface area contributed by atoms with E-state index in [1.807, 2.05) is 11.3 Å². The molecule has 0 saturated heterocycles. The summed E-state index contributed by atoms with van der Waals surface area (Å²) in [6, 6.07) is 51.7. The number of para-hydroxylation sites is 1. The Bertz CT molecular complexity index is 2410. The van der Waals surface area contributed by atoms with Crippen molar-refractivity contribution in [3.8, 4) is 38.5 Å². The van der Waals surface area contributed by atoms with Crippen LogP contribution in [-0.2, 0) is 11.0 Å². The van der Waals surface area contributed by atoms with E-state index in [1.165, 1.54) is 76.1 Å². The van der Waals surface area contributed by atoms with Gasteiger partial charge in [-0.25, -0.2) is 0 Å². The Morgan fingerprint density at radius 1 is 0.583 bits per heavy atom. The van der Waals surface area contributed by atoms with E-state index in [0.717, 1.165) is 12.8 Å². The van der Waals surface area contributed by atoms with Gasteiger partial charge in [0.25, 0.3) is 5.01 Å². The predicted molar refractivity (Wildman–Crippen MR) is 204 cm³/mol. The molecule has 0 N–H and O–H groups in total. The second kappa shape index (κ2) is 10.8. The third-order valence-electron chi connectivity index (χ3n) is 11.7. The molecule has 0 bridgehead atoms. The van der Waals surface area contributed by atoms with Crippen LogP contribution in [0.4, 0.5) is 0 Å². The zero-order chi connectivity index (χ0) is 32.6. The van der Waals surface area contributed by atoms with Crippen LogP contribution in [0.1, 0.15) is 46.1 Å². The van der Waals surface area contributed by atoms with Crippen molar-refractivity contribution >= 4 is 43.4 Å². The van der Waals surface area contributed by atoms with E-state index < -0.39 is 0 Å². The quantitative estimate of drug-likeness (QED) is 0.166. The van der Waals surface area contributed by atoms with Crippen LogP contribution in [0.25, 0.3) is 70.5 Å². The van der Waals surface area contributed by atoms with Gasteiger partial charge in [-0.1, -0.05) is 116 Å². The van der Waals surface area contributed by atoms with Gasteiger partial charge in [0.15, 0.2) is 5.54 Å². The van der Waals surface area contributed by atoms with Gasteiger partial charge in [0.05, 0.1) is 22.0 Å². The van der Waals surface area contributed by atoms with Gasteiger partial charge < -0.3 is 4.57 Å². The first-order chi connectivity index (χ1) is 23.4. The number of hydrogen-bond acceptors (Lipinski definition) is 1. The molecule has 0 aliphatic carbocycles. The van der Waals surface area contributed by atoms with Crippen LogP contribution in [0.2, 0.25) is 0 Å². The monoisotopic (exact) mass is 639 g/mol. The Kier molecular flexibility index (Phi) is 6.54. The topological polar surface area (TPSA) is 8.81 Å². The molecular weight excluding hydrogens is 601 g/mol.